The van der Waals surface area contributed by atoms with Crippen molar-refractivity contribution in [2.45, 2.75) is 13.1 Å². The summed E-state index contributed by atoms with van der Waals surface area (Å²) in [6.45, 7) is 1.56. The van der Waals surface area contributed by atoms with E-state index >= 15 is 0 Å². The molecule has 4 nitrogen and oxygen atoms in total. The molecule has 0 unspecified atom stereocenters. The fourth-order valence-electron chi connectivity index (χ4n) is 1.94. The van der Waals surface area contributed by atoms with E-state index < -0.39 is 0 Å². The highest BCUT2D eigenvalue weighted by molar-refractivity contribution is 6.32. The zero-order valence-electron chi connectivity index (χ0n) is 11.3. The molecule has 0 aliphatic carbocycles. The molecular weight excluding hydrogens is 276 g/mol. The number of rotatable bonds is 6. The van der Waals surface area contributed by atoms with Gasteiger partial charge in [-0.25, -0.2) is 0 Å². The molecule has 2 rings (SSSR count). The number of aromatic nitrogens is 1. The first-order valence-corrected chi connectivity index (χ1v) is 6.80. The van der Waals surface area contributed by atoms with Crippen molar-refractivity contribution >= 4 is 11.6 Å². The Hall–Kier alpha value is -1.78. The molecule has 106 valence electrons. The maximum atomic E-state index is 11.6. The van der Waals surface area contributed by atoms with Crippen LogP contribution in [0.3, 0.4) is 0 Å². The second-order valence-corrected chi connectivity index (χ2v) is 4.75. The van der Waals surface area contributed by atoms with Crippen molar-refractivity contribution in [1.29, 1.82) is 0 Å². The Morgan fingerprint density at radius 1 is 1.25 bits per heavy atom. The van der Waals surface area contributed by atoms with Crippen molar-refractivity contribution in [3.63, 3.8) is 0 Å². The van der Waals surface area contributed by atoms with Gasteiger partial charge in [0, 0.05) is 24.4 Å². The molecule has 1 heterocycles. The van der Waals surface area contributed by atoms with Crippen molar-refractivity contribution in [3.05, 3.63) is 63.5 Å². The number of hydrogen-bond acceptors (Lipinski definition) is 3. The summed E-state index contributed by atoms with van der Waals surface area (Å²) in [6, 6.07) is 10.7. The van der Waals surface area contributed by atoms with Crippen molar-refractivity contribution in [2.24, 2.45) is 0 Å². The van der Waals surface area contributed by atoms with Crippen molar-refractivity contribution in [2.75, 3.05) is 13.7 Å². The van der Waals surface area contributed by atoms with Gasteiger partial charge in [-0.15, -0.1) is 0 Å². The summed E-state index contributed by atoms with van der Waals surface area (Å²) in [6.07, 6.45) is 1.74. The fourth-order valence-corrected chi connectivity index (χ4v) is 2.18. The second-order valence-electron chi connectivity index (χ2n) is 4.34. The van der Waals surface area contributed by atoms with E-state index in [4.69, 9.17) is 16.3 Å². The lowest BCUT2D eigenvalue weighted by atomic mass is 10.2. The summed E-state index contributed by atoms with van der Waals surface area (Å²) in [7, 11) is 1.87. The van der Waals surface area contributed by atoms with Crippen LogP contribution < -0.4 is 15.6 Å². The predicted molar refractivity (Wildman–Crippen MR) is 80.4 cm³/mol. The average Bonchev–Trinajstić information content (AvgIpc) is 2.44. The van der Waals surface area contributed by atoms with Gasteiger partial charge < -0.3 is 14.6 Å². The van der Waals surface area contributed by atoms with Crippen LogP contribution in [0, 0.1) is 0 Å². The average molecular weight is 293 g/mol. The van der Waals surface area contributed by atoms with Gasteiger partial charge in [0.25, 0.3) is 5.56 Å². The second kappa shape index (κ2) is 7.12. The van der Waals surface area contributed by atoms with Gasteiger partial charge in [-0.1, -0.05) is 29.8 Å². The van der Waals surface area contributed by atoms with E-state index in [1.165, 1.54) is 6.07 Å². The van der Waals surface area contributed by atoms with E-state index in [1.807, 2.05) is 25.2 Å². The summed E-state index contributed by atoms with van der Waals surface area (Å²) >= 11 is 6.16. The summed E-state index contributed by atoms with van der Waals surface area (Å²) < 4.78 is 7.35. The number of para-hydroxylation sites is 1. The molecule has 0 aliphatic heterocycles. The minimum atomic E-state index is -0.0364. The molecule has 0 atom stereocenters. The van der Waals surface area contributed by atoms with Crippen LogP contribution in [-0.4, -0.2) is 18.2 Å². The highest BCUT2D eigenvalue weighted by Gasteiger charge is 2.07. The van der Waals surface area contributed by atoms with E-state index in [2.05, 4.69) is 5.32 Å². The number of halogens is 1. The monoisotopic (exact) mass is 292 g/mol. The van der Waals surface area contributed by atoms with Crippen LogP contribution in [0.5, 0.6) is 5.75 Å². The molecule has 20 heavy (non-hydrogen) atoms. The molecule has 1 N–H and O–H groups in total. The molecule has 0 bridgehead atoms. The van der Waals surface area contributed by atoms with Gasteiger partial charge >= 0.3 is 0 Å². The maximum Gasteiger partial charge on any atom is 0.250 e. The van der Waals surface area contributed by atoms with Crippen molar-refractivity contribution < 1.29 is 4.74 Å². The highest BCUT2D eigenvalue weighted by Crippen LogP contribution is 2.28. The van der Waals surface area contributed by atoms with Gasteiger partial charge in [-0.3, -0.25) is 4.79 Å². The summed E-state index contributed by atoms with van der Waals surface area (Å²) in [5.74, 6) is 0.674. The summed E-state index contributed by atoms with van der Waals surface area (Å²) in [5, 5.41) is 3.66. The van der Waals surface area contributed by atoms with Gasteiger partial charge in [0.05, 0.1) is 11.6 Å². The van der Waals surface area contributed by atoms with Gasteiger partial charge in [0.15, 0.2) is 0 Å². The van der Waals surface area contributed by atoms with Crippen LogP contribution in [0.15, 0.2) is 47.4 Å². The third-order valence-electron chi connectivity index (χ3n) is 2.89. The molecule has 0 radical (unpaired) electrons. The Bertz CT molecular complexity index is 625. The van der Waals surface area contributed by atoms with Crippen LogP contribution in [0.2, 0.25) is 5.02 Å². The summed E-state index contributed by atoms with van der Waals surface area (Å²) in [4.78, 5) is 11.6. The smallest absolute Gasteiger partial charge is 0.250 e. The number of hydrogen-bond donors (Lipinski definition) is 1. The van der Waals surface area contributed by atoms with E-state index in [0.29, 0.717) is 30.5 Å². The highest BCUT2D eigenvalue weighted by atomic mass is 35.5. The first kappa shape index (κ1) is 14.6. The number of nitrogens with one attached hydrogen (secondary N) is 1. The van der Waals surface area contributed by atoms with E-state index in [-0.39, 0.29) is 5.56 Å². The molecule has 1 aromatic carbocycles. The summed E-state index contributed by atoms with van der Waals surface area (Å²) in [5.41, 5.74) is 0.964. The fraction of sp³-hybridized carbons (Fsp3) is 0.267. The van der Waals surface area contributed by atoms with Crippen LogP contribution in [0.25, 0.3) is 0 Å². The minimum Gasteiger partial charge on any atom is -0.490 e. The molecule has 2 aromatic rings. The largest absolute Gasteiger partial charge is 0.490 e. The lowest BCUT2D eigenvalue weighted by Crippen LogP contribution is -2.21. The lowest BCUT2D eigenvalue weighted by molar-refractivity contribution is 0.293. The number of benzene rings is 1. The zero-order chi connectivity index (χ0) is 14.4. The molecule has 5 heteroatoms. The molecule has 0 saturated carbocycles. The van der Waals surface area contributed by atoms with Crippen LogP contribution in [0.1, 0.15) is 5.56 Å². The molecule has 0 spiro atoms. The predicted octanol–water partition coefficient (Wildman–Crippen LogP) is 2.30. The lowest BCUT2D eigenvalue weighted by Gasteiger charge is -2.13. The third kappa shape index (κ3) is 3.62. The number of nitrogens with zero attached hydrogens (tertiary/aromatic N) is 1. The number of ether oxygens (including phenoxy) is 1. The van der Waals surface area contributed by atoms with E-state index in [9.17, 15) is 4.79 Å². The van der Waals surface area contributed by atoms with Gasteiger partial charge in [0.1, 0.15) is 12.4 Å². The zero-order valence-corrected chi connectivity index (χ0v) is 12.1. The minimum absolute atomic E-state index is 0.0364. The standard InChI is InChI=1S/C15H17ClN2O2/c1-17-11-12-5-4-6-13(16)15(12)20-10-9-18-8-3-2-7-14(18)19/h2-8,17H,9-11H2,1H3. The topological polar surface area (TPSA) is 43.3 Å². The third-order valence-corrected chi connectivity index (χ3v) is 3.19. The number of pyridine rings is 1. The van der Waals surface area contributed by atoms with Gasteiger partial charge in [-0.05, 0) is 19.2 Å². The van der Waals surface area contributed by atoms with Crippen LogP contribution >= 0.6 is 11.6 Å². The Morgan fingerprint density at radius 2 is 2.10 bits per heavy atom. The van der Waals surface area contributed by atoms with Crippen molar-refractivity contribution in [3.8, 4) is 5.75 Å². The molecule has 1 aromatic heterocycles. The quantitative estimate of drug-likeness (QED) is 0.888. The van der Waals surface area contributed by atoms with E-state index in [0.717, 1.165) is 5.56 Å². The Labute approximate surface area is 123 Å². The van der Waals surface area contributed by atoms with E-state index in [1.54, 1.807) is 22.9 Å². The SMILES string of the molecule is CNCc1cccc(Cl)c1OCCn1ccccc1=O. The van der Waals surface area contributed by atoms with Crippen molar-refractivity contribution in [1.82, 2.24) is 9.88 Å². The Balaban J connectivity index is 2.04. The normalized spacial score (nSPS) is 10.5. The maximum absolute atomic E-state index is 11.6. The first-order valence-electron chi connectivity index (χ1n) is 6.42. The molecular formula is C15H17ClN2O2. The van der Waals surface area contributed by atoms with Crippen LogP contribution in [-0.2, 0) is 13.1 Å². The Kier molecular flexibility index (Phi) is 5.21. The van der Waals surface area contributed by atoms with Crippen LogP contribution in [0.4, 0.5) is 0 Å². The molecule has 0 saturated heterocycles. The molecule has 0 aliphatic rings. The Morgan fingerprint density at radius 3 is 2.85 bits per heavy atom. The molecule has 0 fully saturated rings. The molecule has 0 amide bonds. The van der Waals surface area contributed by atoms with Gasteiger partial charge in [-0.2, -0.15) is 0 Å². The van der Waals surface area contributed by atoms with Gasteiger partial charge in [0.2, 0.25) is 0 Å². The first-order chi connectivity index (χ1) is 9.72.